The number of benzene rings is 1. The van der Waals surface area contributed by atoms with Gasteiger partial charge in [-0.05, 0) is 18.2 Å². The molecule has 0 saturated carbocycles. The van der Waals surface area contributed by atoms with Crippen LogP contribution in [0.2, 0.25) is 0 Å². The summed E-state index contributed by atoms with van der Waals surface area (Å²) in [5.41, 5.74) is 1.51. The molecule has 1 aromatic rings. The van der Waals surface area contributed by atoms with Crippen LogP contribution in [-0.4, -0.2) is 19.3 Å². The van der Waals surface area contributed by atoms with Gasteiger partial charge in [0.2, 0.25) is 0 Å². The van der Waals surface area contributed by atoms with E-state index in [4.69, 9.17) is 9.47 Å². The Kier molecular flexibility index (Phi) is 2.41. The quantitative estimate of drug-likeness (QED) is 0.694. The largest absolute Gasteiger partial charge is 0.497 e. The van der Waals surface area contributed by atoms with Crippen molar-refractivity contribution in [3.8, 4) is 5.75 Å². The molecule has 4 heteroatoms. The SMILES string of the molecule is COc1ccc2c(c1)C(C=O)OC(C)=N2. The number of fused-ring (bicyclic) bond motifs is 1. The minimum atomic E-state index is -0.576. The van der Waals surface area contributed by atoms with Gasteiger partial charge in [-0.3, -0.25) is 4.79 Å². The van der Waals surface area contributed by atoms with Crippen molar-refractivity contribution in [3.63, 3.8) is 0 Å². The Balaban J connectivity index is 2.52. The van der Waals surface area contributed by atoms with E-state index in [1.807, 2.05) is 12.1 Å². The highest BCUT2D eigenvalue weighted by atomic mass is 16.5. The number of carbonyl (C=O) groups is 1. The van der Waals surface area contributed by atoms with Crippen LogP contribution in [0.25, 0.3) is 0 Å². The molecule has 1 atom stereocenters. The fourth-order valence-corrected chi connectivity index (χ4v) is 1.53. The van der Waals surface area contributed by atoms with Crippen LogP contribution in [0.5, 0.6) is 5.75 Å². The first-order chi connectivity index (χ1) is 7.24. The molecule has 1 unspecified atom stereocenters. The maximum absolute atomic E-state index is 10.8. The number of aliphatic imine (C=N–C) groups is 1. The molecule has 0 bridgehead atoms. The highest BCUT2D eigenvalue weighted by molar-refractivity contribution is 5.83. The van der Waals surface area contributed by atoms with Gasteiger partial charge in [0.1, 0.15) is 5.75 Å². The van der Waals surface area contributed by atoms with E-state index >= 15 is 0 Å². The van der Waals surface area contributed by atoms with Crippen molar-refractivity contribution in [3.05, 3.63) is 23.8 Å². The van der Waals surface area contributed by atoms with Crippen LogP contribution in [-0.2, 0) is 9.53 Å². The molecule has 0 spiro atoms. The zero-order valence-corrected chi connectivity index (χ0v) is 8.56. The van der Waals surface area contributed by atoms with E-state index < -0.39 is 6.10 Å². The predicted octanol–water partition coefficient (Wildman–Crippen LogP) is 2.02. The first kappa shape index (κ1) is 9.71. The molecule has 2 rings (SSSR count). The molecule has 0 N–H and O–H groups in total. The third-order valence-electron chi connectivity index (χ3n) is 2.24. The van der Waals surface area contributed by atoms with Gasteiger partial charge in [-0.2, -0.15) is 0 Å². The molecule has 0 aromatic heterocycles. The lowest BCUT2D eigenvalue weighted by molar-refractivity contribution is -0.114. The first-order valence-electron chi connectivity index (χ1n) is 4.60. The lowest BCUT2D eigenvalue weighted by atomic mass is 10.1. The van der Waals surface area contributed by atoms with E-state index in [0.717, 1.165) is 17.5 Å². The van der Waals surface area contributed by atoms with Gasteiger partial charge in [0.25, 0.3) is 0 Å². The van der Waals surface area contributed by atoms with Crippen molar-refractivity contribution >= 4 is 17.9 Å². The maximum atomic E-state index is 10.8. The minimum absolute atomic E-state index is 0.504. The molecule has 0 aliphatic carbocycles. The Morgan fingerprint density at radius 1 is 1.53 bits per heavy atom. The summed E-state index contributed by atoms with van der Waals surface area (Å²) in [5.74, 6) is 1.20. The normalized spacial score (nSPS) is 18.5. The van der Waals surface area contributed by atoms with Crippen molar-refractivity contribution in [2.75, 3.05) is 7.11 Å². The molecule has 4 nitrogen and oxygen atoms in total. The summed E-state index contributed by atoms with van der Waals surface area (Å²) in [7, 11) is 1.58. The van der Waals surface area contributed by atoms with E-state index in [-0.39, 0.29) is 0 Å². The van der Waals surface area contributed by atoms with Gasteiger partial charge in [0.05, 0.1) is 12.8 Å². The summed E-state index contributed by atoms with van der Waals surface area (Å²) in [6.45, 7) is 1.73. The molecule has 1 heterocycles. The number of rotatable bonds is 2. The van der Waals surface area contributed by atoms with E-state index in [2.05, 4.69) is 4.99 Å². The summed E-state index contributed by atoms with van der Waals surface area (Å²) >= 11 is 0. The molecule has 0 amide bonds. The molecular formula is C11H11NO3. The highest BCUT2D eigenvalue weighted by Gasteiger charge is 2.21. The predicted molar refractivity (Wildman–Crippen MR) is 55.7 cm³/mol. The first-order valence-corrected chi connectivity index (χ1v) is 4.60. The van der Waals surface area contributed by atoms with Crippen LogP contribution < -0.4 is 4.74 Å². The van der Waals surface area contributed by atoms with E-state index in [1.165, 1.54) is 0 Å². The average molecular weight is 205 g/mol. The second-order valence-corrected chi connectivity index (χ2v) is 3.23. The zero-order chi connectivity index (χ0) is 10.8. The molecule has 1 aliphatic rings. The molecular weight excluding hydrogens is 194 g/mol. The van der Waals surface area contributed by atoms with Crippen LogP contribution in [0.15, 0.2) is 23.2 Å². The monoisotopic (exact) mass is 205 g/mol. The second kappa shape index (κ2) is 3.73. The third-order valence-corrected chi connectivity index (χ3v) is 2.24. The van der Waals surface area contributed by atoms with E-state index in [0.29, 0.717) is 11.6 Å². The van der Waals surface area contributed by atoms with E-state index in [9.17, 15) is 4.79 Å². The van der Waals surface area contributed by atoms with Gasteiger partial charge >= 0.3 is 0 Å². The third kappa shape index (κ3) is 1.70. The van der Waals surface area contributed by atoms with Crippen LogP contribution in [0.4, 0.5) is 5.69 Å². The van der Waals surface area contributed by atoms with Crippen molar-refractivity contribution in [1.82, 2.24) is 0 Å². The van der Waals surface area contributed by atoms with Crippen molar-refractivity contribution in [1.29, 1.82) is 0 Å². The number of hydrogen-bond acceptors (Lipinski definition) is 4. The number of aldehydes is 1. The van der Waals surface area contributed by atoms with E-state index in [1.54, 1.807) is 20.1 Å². The average Bonchev–Trinajstić information content (AvgIpc) is 2.27. The minimum Gasteiger partial charge on any atom is -0.497 e. The van der Waals surface area contributed by atoms with Crippen molar-refractivity contribution in [2.45, 2.75) is 13.0 Å². The van der Waals surface area contributed by atoms with Gasteiger partial charge in [0.15, 0.2) is 18.3 Å². The molecule has 15 heavy (non-hydrogen) atoms. The number of ether oxygens (including phenoxy) is 2. The highest BCUT2D eigenvalue weighted by Crippen LogP contribution is 2.34. The summed E-state index contributed by atoms with van der Waals surface area (Å²) < 4.78 is 10.4. The topological polar surface area (TPSA) is 47.9 Å². The summed E-state index contributed by atoms with van der Waals surface area (Å²) in [6.07, 6.45) is 0.184. The van der Waals surface area contributed by atoms with Crippen molar-refractivity contribution < 1.29 is 14.3 Å². The van der Waals surface area contributed by atoms with Crippen LogP contribution in [0, 0.1) is 0 Å². The Labute approximate surface area is 87.5 Å². The maximum Gasteiger partial charge on any atom is 0.186 e. The number of carbonyl (C=O) groups excluding carboxylic acids is 1. The number of nitrogens with zero attached hydrogens (tertiary/aromatic N) is 1. The number of methoxy groups -OCH3 is 1. The van der Waals surface area contributed by atoms with Gasteiger partial charge in [0, 0.05) is 12.5 Å². The molecule has 1 aromatic carbocycles. The van der Waals surface area contributed by atoms with Crippen LogP contribution in [0.3, 0.4) is 0 Å². The molecule has 78 valence electrons. The Bertz CT molecular complexity index is 426. The Morgan fingerprint density at radius 2 is 2.33 bits per heavy atom. The summed E-state index contributed by atoms with van der Waals surface area (Å²) in [6, 6.07) is 5.39. The summed E-state index contributed by atoms with van der Waals surface area (Å²) in [4.78, 5) is 15.0. The second-order valence-electron chi connectivity index (χ2n) is 3.23. The lowest BCUT2D eigenvalue weighted by Gasteiger charge is -2.20. The smallest absolute Gasteiger partial charge is 0.186 e. The Morgan fingerprint density at radius 3 is 3.00 bits per heavy atom. The van der Waals surface area contributed by atoms with Gasteiger partial charge in [-0.25, -0.2) is 4.99 Å². The van der Waals surface area contributed by atoms with Gasteiger partial charge in [-0.15, -0.1) is 0 Å². The van der Waals surface area contributed by atoms with Crippen molar-refractivity contribution in [2.24, 2.45) is 4.99 Å². The molecule has 0 radical (unpaired) electrons. The summed E-state index contributed by atoms with van der Waals surface area (Å²) in [5, 5.41) is 0. The lowest BCUT2D eigenvalue weighted by Crippen LogP contribution is -2.14. The zero-order valence-electron chi connectivity index (χ0n) is 8.56. The molecule has 0 saturated heterocycles. The van der Waals surface area contributed by atoms with Crippen LogP contribution in [0.1, 0.15) is 18.6 Å². The number of hydrogen-bond donors (Lipinski definition) is 0. The standard InChI is InChI=1S/C11H11NO3/c1-7-12-10-4-3-8(14-2)5-9(10)11(6-13)15-7/h3-6,11H,1-2H3. The van der Waals surface area contributed by atoms with Gasteiger partial charge in [-0.1, -0.05) is 0 Å². The molecule has 0 fully saturated rings. The molecule has 1 aliphatic heterocycles. The fraction of sp³-hybridized carbons (Fsp3) is 0.273. The van der Waals surface area contributed by atoms with Crippen LogP contribution >= 0.6 is 0 Å². The fourth-order valence-electron chi connectivity index (χ4n) is 1.53. The Hall–Kier alpha value is -1.84. The van der Waals surface area contributed by atoms with Gasteiger partial charge < -0.3 is 9.47 Å².